The van der Waals surface area contributed by atoms with Crippen LogP contribution in [-0.2, 0) is 9.47 Å². The second kappa shape index (κ2) is 6.20. The van der Waals surface area contributed by atoms with Gasteiger partial charge in [-0.05, 0) is 75.0 Å². The van der Waals surface area contributed by atoms with Crippen molar-refractivity contribution in [3.8, 4) is 0 Å². The highest BCUT2D eigenvalue weighted by atomic mass is 16.7. The second-order valence-electron chi connectivity index (χ2n) is 11.0. The monoisotopic (exact) mass is 370 g/mol. The first-order chi connectivity index (χ1) is 12.9. The van der Waals surface area contributed by atoms with E-state index in [1.165, 1.54) is 44.1 Å². The summed E-state index contributed by atoms with van der Waals surface area (Å²) in [7, 11) is 0. The Labute approximate surface area is 165 Å². The highest BCUT2D eigenvalue weighted by Crippen LogP contribution is 2.69. The molecular weight excluding hydrogens is 332 g/mol. The largest absolute Gasteiger partial charge is 0.349 e. The molecule has 4 aliphatic carbocycles. The lowest BCUT2D eigenvalue weighted by atomic mass is 9.49. The second-order valence-corrected chi connectivity index (χ2v) is 11.0. The van der Waals surface area contributed by atoms with Crippen molar-refractivity contribution in [1.29, 1.82) is 0 Å². The van der Waals surface area contributed by atoms with Gasteiger partial charge in [0.25, 0.3) is 0 Å². The van der Waals surface area contributed by atoms with Gasteiger partial charge in [-0.3, -0.25) is 0 Å². The Morgan fingerprint density at radius 3 is 2.67 bits per heavy atom. The lowest BCUT2D eigenvalue weighted by Gasteiger charge is -2.59. The average molecular weight is 371 g/mol. The van der Waals surface area contributed by atoms with E-state index in [1.807, 2.05) is 0 Å². The van der Waals surface area contributed by atoms with Gasteiger partial charge in [-0.1, -0.05) is 44.6 Å². The molecule has 0 aromatic carbocycles. The molecule has 3 saturated carbocycles. The van der Waals surface area contributed by atoms with Gasteiger partial charge >= 0.3 is 0 Å². The van der Waals surface area contributed by atoms with E-state index in [0.29, 0.717) is 0 Å². The van der Waals surface area contributed by atoms with E-state index in [1.54, 1.807) is 5.57 Å². The molecule has 1 saturated heterocycles. The Bertz CT molecular complexity index is 649. The molecular formula is C25H38O2. The van der Waals surface area contributed by atoms with Gasteiger partial charge < -0.3 is 9.47 Å². The molecule has 150 valence electrons. The third kappa shape index (κ3) is 2.51. The molecule has 0 N–H and O–H groups in total. The molecule has 1 aliphatic heterocycles. The van der Waals surface area contributed by atoms with Gasteiger partial charge in [-0.2, -0.15) is 0 Å². The van der Waals surface area contributed by atoms with E-state index in [-0.39, 0.29) is 16.6 Å². The fourth-order valence-electron chi connectivity index (χ4n) is 7.87. The summed E-state index contributed by atoms with van der Waals surface area (Å²) in [6.07, 6.45) is 14.0. The highest BCUT2D eigenvalue weighted by Gasteiger charge is 2.67. The van der Waals surface area contributed by atoms with Gasteiger partial charge in [0.1, 0.15) is 0 Å². The Morgan fingerprint density at radius 1 is 1.15 bits per heavy atom. The predicted molar refractivity (Wildman–Crippen MR) is 109 cm³/mol. The van der Waals surface area contributed by atoms with Crippen LogP contribution in [0.4, 0.5) is 0 Å². The van der Waals surface area contributed by atoms with Gasteiger partial charge in [-0.15, -0.1) is 0 Å². The Hall–Kier alpha value is -0.600. The molecule has 0 aromatic heterocycles. The number of allylic oxidation sites excluding steroid dienone is 3. The molecule has 27 heavy (non-hydrogen) atoms. The zero-order valence-electron chi connectivity index (χ0n) is 17.7. The molecule has 1 heterocycles. The molecule has 0 aromatic rings. The number of hydrogen-bond donors (Lipinski definition) is 0. The van der Waals surface area contributed by atoms with Crippen molar-refractivity contribution in [1.82, 2.24) is 0 Å². The van der Waals surface area contributed by atoms with Gasteiger partial charge in [0.2, 0.25) is 0 Å². The SMILES string of the molecule is C=C1C[C@@]2(CC)[C@@H](CCC23OCC(C)(C)CO3)[C@@H]2CCC3=CCCC[C@@H]3[C@@H]12. The van der Waals surface area contributed by atoms with E-state index in [2.05, 4.69) is 26.8 Å². The Morgan fingerprint density at radius 2 is 1.93 bits per heavy atom. The topological polar surface area (TPSA) is 18.5 Å². The summed E-state index contributed by atoms with van der Waals surface area (Å²) in [6.45, 7) is 13.3. The quantitative estimate of drug-likeness (QED) is 0.506. The summed E-state index contributed by atoms with van der Waals surface area (Å²) < 4.78 is 13.3. The molecule has 2 nitrogen and oxygen atoms in total. The third-order valence-corrected chi connectivity index (χ3v) is 9.07. The summed E-state index contributed by atoms with van der Waals surface area (Å²) in [5.41, 5.74) is 3.58. The maximum Gasteiger partial charge on any atom is 0.174 e. The molecule has 4 fully saturated rings. The van der Waals surface area contributed by atoms with Crippen LogP contribution in [0.2, 0.25) is 0 Å². The van der Waals surface area contributed by atoms with Gasteiger partial charge in [0.05, 0.1) is 13.2 Å². The van der Waals surface area contributed by atoms with Crippen LogP contribution in [0.15, 0.2) is 23.8 Å². The summed E-state index contributed by atoms with van der Waals surface area (Å²) in [5, 5.41) is 0. The van der Waals surface area contributed by atoms with Crippen molar-refractivity contribution in [3.63, 3.8) is 0 Å². The first kappa shape index (κ1) is 18.4. The molecule has 0 bridgehead atoms. The lowest BCUT2D eigenvalue weighted by Crippen LogP contribution is -2.60. The number of fused-ring (bicyclic) bond motifs is 6. The molecule has 5 rings (SSSR count). The fraction of sp³-hybridized carbons (Fsp3) is 0.840. The predicted octanol–water partition coefficient (Wildman–Crippen LogP) is 6.27. The minimum atomic E-state index is -0.349. The van der Waals surface area contributed by atoms with E-state index in [9.17, 15) is 0 Å². The first-order valence-corrected chi connectivity index (χ1v) is 11.6. The van der Waals surface area contributed by atoms with Crippen LogP contribution >= 0.6 is 0 Å². The smallest absolute Gasteiger partial charge is 0.174 e. The lowest BCUT2D eigenvalue weighted by molar-refractivity contribution is -0.348. The standard InChI is InChI=1S/C25H38O2/c1-5-24-14-17(2)22-19-9-7-6-8-18(19)10-11-20(22)21(24)12-13-25(24)26-15-23(3,4)16-27-25/h8,19-22H,2,5-7,9-16H2,1,3-4H3/t19-,20-,21-,22+,24-/m0/s1. The first-order valence-electron chi connectivity index (χ1n) is 11.6. The van der Waals surface area contributed by atoms with Crippen LogP contribution in [0.25, 0.3) is 0 Å². The molecule has 5 atom stereocenters. The van der Waals surface area contributed by atoms with Gasteiger partial charge in [0, 0.05) is 17.3 Å². The molecule has 1 spiro atoms. The van der Waals surface area contributed by atoms with Gasteiger partial charge in [0.15, 0.2) is 5.79 Å². The zero-order chi connectivity index (χ0) is 18.9. The van der Waals surface area contributed by atoms with E-state index in [0.717, 1.165) is 56.1 Å². The number of hydrogen-bond acceptors (Lipinski definition) is 2. The summed E-state index contributed by atoms with van der Waals surface area (Å²) in [4.78, 5) is 0. The molecule has 5 aliphatic rings. The summed E-state index contributed by atoms with van der Waals surface area (Å²) in [6, 6.07) is 0. The fourth-order valence-corrected chi connectivity index (χ4v) is 7.87. The van der Waals surface area contributed by atoms with E-state index in [4.69, 9.17) is 16.1 Å². The maximum absolute atomic E-state index is 6.67. The van der Waals surface area contributed by atoms with Crippen molar-refractivity contribution in [2.45, 2.75) is 84.3 Å². The van der Waals surface area contributed by atoms with Crippen molar-refractivity contribution in [2.75, 3.05) is 13.2 Å². The van der Waals surface area contributed by atoms with Crippen molar-refractivity contribution < 1.29 is 9.47 Å². The number of ether oxygens (including phenoxy) is 2. The summed E-state index contributed by atoms with van der Waals surface area (Å²) in [5.74, 6) is 2.72. The maximum atomic E-state index is 6.67. The minimum absolute atomic E-state index is 0.138. The van der Waals surface area contributed by atoms with Crippen LogP contribution in [0.5, 0.6) is 0 Å². The van der Waals surface area contributed by atoms with Crippen LogP contribution in [0.1, 0.15) is 78.6 Å². The van der Waals surface area contributed by atoms with E-state index < -0.39 is 0 Å². The Kier molecular flexibility index (Phi) is 4.23. The Balaban J connectivity index is 1.49. The average Bonchev–Trinajstić information content (AvgIpc) is 2.98. The minimum Gasteiger partial charge on any atom is -0.349 e. The van der Waals surface area contributed by atoms with Crippen molar-refractivity contribution in [3.05, 3.63) is 23.8 Å². The van der Waals surface area contributed by atoms with Crippen LogP contribution in [-0.4, -0.2) is 19.0 Å². The molecule has 0 amide bonds. The van der Waals surface area contributed by atoms with Gasteiger partial charge in [-0.25, -0.2) is 0 Å². The molecule has 2 heteroatoms. The summed E-state index contributed by atoms with van der Waals surface area (Å²) >= 11 is 0. The van der Waals surface area contributed by atoms with E-state index >= 15 is 0 Å². The number of rotatable bonds is 1. The zero-order valence-corrected chi connectivity index (χ0v) is 17.7. The normalized spacial score (nSPS) is 45.0. The molecule has 0 radical (unpaired) electrons. The third-order valence-electron chi connectivity index (χ3n) is 9.07. The van der Waals surface area contributed by atoms with Crippen molar-refractivity contribution in [2.24, 2.45) is 34.5 Å². The molecule has 0 unspecified atom stereocenters. The van der Waals surface area contributed by atoms with Crippen LogP contribution in [0.3, 0.4) is 0 Å². The van der Waals surface area contributed by atoms with Crippen LogP contribution < -0.4 is 0 Å². The highest BCUT2D eigenvalue weighted by molar-refractivity contribution is 5.28. The van der Waals surface area contributed by atoms with Crippen molar-refractivity contribution >= 4 is 0 Å². The van der Waals surface area contributed by atoms with Crippen LogP contribution in [0, 0.1) is 34.5 Å².